The third-order valence-electron chi connectivity index (χ3n) is 2.04. The van der Waals surface area contributed by atoms with Gasteiger partial charge in [0, 0.05) is 25.5 Å². The van der Waals surface area contributed by atoms with Crippen molar-refractivity contribution in [2.24, 2.45) is 0 Å². The van der Waals surface area contributed by atoms with Gasteiger partial charge >= 0.3 is 0 Å². The van der Waals surface area contributed by atoms with E-state index in [0.717, 1.165) is 19.6 Å². The van der Waals surface area contributed by atoms with E-state index in [0.29, 0.717) is 12.0 Å². The second-order valence-corrected chi connectivity index (χ2v) is 4.49. The van der Waals surface area contributed by atoms with Gasteiger partial charge in [0.15, 0.2) is 0 Å². The van der Waals surface area contributed by atoms with E-state index in [1.165, 1.54) is 0 Å². The Morgan fingerprint density at radius 3 is 2.75 bits per heavy atom. The van der Waals surface area contributed by atoms with Crippen molar-refractivity contribution in [1.82, 2.24) is 4.90 Å². The highest BCUT2D eigenvalue weighted by molar-refractivity contribution is 6.18. The summed E-state index contributed by atoms with van der Waals surface area (Å²) in [6.07, 6.45) is 0.331. The fraction of sp³-hybridized carbons (Fsp3) is 1.00. The largest absolute Gasteiger partial charge is 0.370 e. The highest BCUT2D eigenvalue weighted by atomic mass is 35.5. The van der Waals surface area contributed by atoms with E-state index >= 15 is 0 Å². The minimum atomic E-state index is -0.0102. The molecule has 1 aliphatic rings. The molecule has 1 atom stereocenters. The Morgan fingerprint density at radius 2 is 2.25 bits per heavy atom. The van der Waals surface area contributed by atoms with Crippen molar-refractivity contribution in [3.8, 4) is 0 Å². The molecule has 0 radical (unpaired) electrons. The fourth-order valence-corrected chi connectivity index (χ4v) is 2.11. The molecule has 1 heterocycles. The zero-order valence-electron chi connectivity index (χ0n) is 8.14. The summed E-state index contributed by atoms with van der Waals surface area (Å²) >= 11 is 5.69. The average molecular weight is 192 g/mol. The predicted molar refractivity (Wildman–Crippen MR) is 51.8 cm³/mol. The molecule has 0 aromatic rings. The van der Waals surface area contributed by atoms with Gasteiger partial charge in [-0.2, -0.15) is 0 Å². The van der Waals surface area contributed by atoms with Crippen LogP contribution in [0.1, 0.15) is 20.8 Å². The zero-order valence-corrected chi connectivity index (χ0v) is 8.90. The smallest absolute Gasteiger partial charge is 0.0757 e. The highest BCUT2D eigenvalue weighted by Crippen LogP contribution is 2.20. The molecule has 0 aromatic carbocycles. The summed E-state index contributed by atoms with van der Waals surface area (Å²) in [7, 11) is 0. The maximum Gasteiger partial charge on any atom is 0.0757 e. The Bertz CT molecular complexity index is 149. The first-order chi connectivity index (χ1) is 5.53. The molecule has 3 heteroatoms. The van der Waals surface area contributed by atoms with Gasteiger partial charge in [0.05, 0.1) is 11.7 Å². The first-order valence-electron chi connectivity index (χ1n) is 4.49. The number of rotatable bonds is 2. The molecule has 0 saturated carbocycles. The number of alkyl halides is 1. The van der Waals surface area contributed by atoms with Crippen molar-refractivity contribution < 1.29 is 4.74 Å². The third kappa shape index (κ3) is 2.92. The van der Waals surface area contributed by atoms with E-state index in [1.54, 1.807) is 0 Å². The van der Waals surface area contributed by atoms with Gasteiger partial charge in [-0.15, -0.1) is 11.6 Å². The lowest BCUT2D eigenvalue weighted by atomic mass is 10.1. The lowest BCUT2D eigenvalue weighted by molar-refractivity contribution is -0.127. The first kappa shape index (κ1) is 10.3. The van der Waals surface area contributed by atoms with Gasteiger partial charge < -0.3 is 4.74 Å². The van der Waals surface area contributed by atoms with E-state index in [4.69, 9.17) is 16.3 Å². The number of hydrogen-bond acceptors (Lipinski definition) is 2. The fourth-order valence-electron chi connectivity index (χ4n) is 1.88. The lowest BCUT2D eigenvalue weighted by Gasteiger charge is -2.41. The van der Waals surface area contributed by atoms with Crippen molar-refractivity contribution in [1.29, 1.82) is 0 Å². The van der Waals surface area contributed by atoms with Crippen molar-refractivity contribution in [2.75, 3.05) is 25.5 Å². The van der Waals surface area contributed by atoms with E-state index in [9.17, 15) is 0 Å². The van der Waals surface area contributed by atoms with Gasteiger partial charge in [-0.3, -0.25) is 4.90 Å². The molecule has 0 spiro atoms. The Morgan fingerprint density at radius 1 is 1.58 bits per heavy atom. The molecule has 0 amide bonds. The average Bonchev–Trinajstić information content (AvgIpc) is 1.82. The molecular formula is C9H18ClNO. The maximum absolute atomic E-state index is 5.77. The molecule has 1 rings (SSSR count). The standard InChI is InChI=1S/C9H18ClNO/c1-8-6-11(5-4-10)7-9(2,3)12-8/h8H,4-7H2,1-3H3. The van der Waals surface area contributed by atoms with Crippen LogP contribution in [-0.4, -0.2) is 42.1 Å². The molecule has 0 N–H and O–H groups in total. The van der Waals surface area contributed by atoms with Crippen LogP contribution < -0.4 is 0 Å². The number of halogens is 1. The van der Waals surface area contributed by atoms with Crippen LogP contribution in [0.3, 0.4) is 0 Å². The number of nitrogens with zero attached hydrogens (tertiary/aromatic N) is 1. The van der Waals surface area contributed by atoms with Crippen LogP contribution in [0.5, 0.6) is 0 Å². The Balaban J connectivity index is 2.46. The minimum absolute atomic E-state index is 0.0102. The molecule has 12 heavy (non-hydrogen) atoms. The molecule has 1 unspecified atom stereocenters. The third-order valence-corrected chi connectivity index (χ3v) is 2.21. The Labute approximate surface area is 79.8 Å². The molecule has 0 aromatic heterocycles. The van der Waals surface area contributed by atoms with Crippen LogP contribution in [0.15, 0.2) is 0 Å². The second kappa shape index (κ2) is 3.95. The molecule has 2 nitrogen and oxygen atoms in total. The summed E-state index contributed by atoms with van der Waals surface area (Å²) in [5.74, 6) is 0.711. The van der Waals surface area contributed by atoms with Crippen molar-refractivity contribution in [2.45, 2.75) is 32.5 Å². The van der Waals surface area contributed by atoms with Crippen LogP contribution in [-0.2, 0) is 4.74 Å². The lowest BCUT2D eigenvalue weighted by Crippen LogP contribution is -2.52. The SMILES string of the molecule is CC1CN(CCCl)CC(C)(C)O1. The summed E-state index contributed by atoms with van der Waals surface area (Å²) in [4.78, 5) is 2.36. The number of ether oxygens (including phenoxy) is 1. The summed E-state index contributed by atoms with van der Waals surface area (Å²) in [6.45, 7) is 9.34. The summed E-state index contributed by atoms with van der Waals surface area (Å²) < 4.78 is 5.77. The molecule has 72 valence electrons. The normalized spacial score (nSPS) is 30.5. The van der Waals surface area contributed by atoms with Crippen LogP contribution >= 0.6 is 11.6 Å². The van der Waals surface area contributed by atoms with Gasteiger partial charge in [-0.25, -0.2) is 0 Å². The van der Waals surface area contributed by atoms with Crippen molar-refractivity contribution in [3.05, 3.63) is 0 Å². The van der Waals surface area contributed by atoms with Crippen LogP contribution in [0.2, 0.25) is 0 Å². The molecule has 0 bridgehead atoms. The van der Waals surface area contributed by atoms with Crippen LogP contribution in [0.25, 0.3) is 0 Å². The molecule has 1 saturated heterocycles. The number of morpholine rings is 1. The Kier molecular flexibility index (Phi) is 3.38. The van der Waals surface area contributed by atoms with Gasteiger partial charge in [0.1, 0.15) is 0 Å². The second-order valence-electron chi connectivity index (χ2n) is 4.11. The van der Waals surface area contributed by atoms with E-state index in [1.807, 2.05) is 0 Å². The monoisotopic (exact) mass is 191 g/mol. The molecule has 1 fully saturated rings. The topological polar surface area (TPSA) is 12.5 Å². The summed E-state index contributed by atoms with van der Waals surface area (Å²) in [5.41, 5.74) is -0.0102. The van der Waals surface area contributed by atoms with Gasteiger partial charge in [0.25, 0.3) is 0 Å². The van der Waals surface area contributed by atoms with Crippen LogP contribution in [0, 0.1) is 0 Å². The molecule has 1 aliphatic heterocycles. The minimum Gasteiger partial charge on any atom is -0.370 e. The maximum atomic E-state index is 5.77. The van der Waals surface area contributed by atoms with Gasteiger partial charge in [-0.05, 0) is 20.8 Å². The van der Waals surface area contributed by atoms with Gasteiger partial charge in [0.2, 0.25) is 0 Å². The van der Waals surface area contributed by atoms with E-state index in [2.05, 4.69) is 25.7 Å². The summed E-state index contributed by atoms with van der Waals surface area (Å²) in [5, 5.41) is 0. The molecule has 0 aliphatic carbocycles. The van der Waals surface area contributed by atoms with Crippen molar-refractivity contribution >= 4 is 11.6 Å². The van der Waals surface area contributed by atoms with E-state index < -0.39 is 0 Å². The number of hydrogen-bond donors (Lipinski definition) is 0. The van der Waals surface area contributed by atoms with Gasteiger partial charge in [-0.1, -0.05) is 0 Å². The summed E-state index contributed by atoms with van der Waals surface area (Å²) in [6, 6.07) is 0. The first-order valence-corrected chi connectivity index (χ1v) is 5.03. The predicted octanol–water partition coefficient (Wildman–Crippen LogP) is 1.72. The zero-order chi connectivity index (χ0) is 9.19. The quantitative estimate of drug-likeness (QED) is 0.617. The van der Waals surface area contributed by atoms with E-state index in [-0.39, 0.29) is 5.60 Å². The Hall–Kier alpha value is 0.210. The van der Waals surface area contributed by atoms with Crippen molar-refractivity contribution in [3.63, 3.8) is 0 Å². The molecular weight excluding hydrogens is 174 g/mol. The highest BCUT2D eigenvalue weighted by Gasteiger charge is 2.30. The van der Waals surface area contributed by atoms with Crippen LogP contribution in [0.4, 0.5) is 0 Å².